The molecule has 3 aromatic carbocycles. The summed E-state index contributed by atoms with van der Waals surface area (Å²) in [4.78, 5) is 20.0. The van der Waals surface area contributed by atoms with Crippen molar-refractivity contribution >= 4 is 23.1 Å². The second-order valence-electron chi connectivity index (χ2n) is 10.9. The molecule has 206 valence electrons. The number of fused-ring (bicyclic) bond motifs is 3. The number of nitrogens with zero attached hydrogens (tertiary/aromatic N) is 4. The first-order valence-electron chi connectivity index (χ1n) is 14.6. The lowest BCUT2D eigenvalue weighted by Gasteiger charge is -2.15. The molecule has 0 fully saturated rings. The Hall–Kier alpha value is -5.48. The second-order valence-corrected chi connectivity index (χ2v) is 10.9. The third kappa shape index (κ3) is 5.31. The second kappa shape index (κ2) is 11.4. The topological polar surface area (TPSA) is 51.6 Å². The fourth-order valence-electron chi connectivity index (χ4n) is 5.47. The third-order valence-electron chi connectivity index (χ3n) is 7.76. The third-order valence-corrected chi connectivity index (χ3v) is 7.76. The molecule has 0 saturated heterocycles. The van der Waals surface area contributed by atoms with Crippen LogP contribution in [0.5, 0.6) is 0 Å². The van der Waals surface area contributed by atoms with Crippen LogP contribution >= 0.6 is 0 Å². The van der Waals surface area contributed by atoms with E-state index in [1.165, 1.54) is 5.57 Å². The van der Waals surface area contributed by atoms with Crippen molar-refractivity contribution in [2.75, 3.05) is 0 Å². The van der Waals surface area contributed by atoms with Gasteiger partial charge in [-0.2, -0.15) is 0 Å². The molecule has 6 aromatic rings. The largest absolute Gasteiger partial charge is 0.255 e. The Morgan fingerprint density at radius 2 is 1.33 bits per heavy atom. The predicted octanol–water partition coefficient (Wildman–Crippen LogP) is 9.71. The molecular formula is C39H30N4. The number of rotatable bonds is 5. The van der Waals surface area contributed by atoms with Gasteiger partial charge in [0.15, 0.2) is 5.82 Å². The van der Waals surface area contributed by atoms with Gasteiger partial charge in [-0.25, -0.2) is 15.0 Å². The van der Waals surface area contributed by atoms with E-state index in [2.05, 4.69) is 104 Å². The normalized spacial score (nSPS) is 13.3. The van der Waals surface area contributed by atoms with Gasteiger partial charge >= 0.3 is 0 Å². The monoisotopic (exact) mass is 554 g/mol. The minimum atomic E-state index is 0.444. The summed E-state index contributed by atoms with van der Waals surface area (Å²) in [7, 11) is 0. The first-order chi connectivity index (χ1) is 21.1. The SMILES string of the molecule is CC(C)C1=C/C=C/c2c(ccc3c(-c4ccccc4)cc(-c4nc(-c5ccccc5)cc(-c5ccccn5)n4)nc23)C=C1. The number of pyridine rings is 2. The van der Waals surface area contributed by atoms with E-state index in [1.807, 2.05) is 48.5 Å². The van der Waals surface area contributed by atoms with Gasteiger partial charge in [0.05, 0.1) is 22.6 Å². The molecule has 0 radical (unpaired) electrons. The summed E-state index contributed by atoms with van der Waals surface area (Å²) in [6.07, 6.45) is 12.7. The van der Waals surface area contributed by atoms with Crippen molar-refractivity contribution in [2.24, 2.45) is 5.92 Å². The highest BCUT2D eigenvalue weighted by molar-refractivity contribution is 6.02. The average molecular weight is 555 g/mol. The number of hydrogen-bond acceptors (Lipinski definition) is 4. The van der Waals surface area contributed by atoms with E-state index in [4.69, 9.17) is 15.0 Å². The van der Waals surface area contributed by atoms with Gasteiger partial charge in [0, 0.05) is 22.7 Å². The minimum Gasteiger partial charge on any atom is -0.255 e. The molecule has 0 saturated carbocycles. The van der Waals surface area contributed by atoms with E-state index in [1.54, 1.807) is 6.20 Å². The summed E-state index contributed by atoms with van der Waals surface area (Å²) in [5, 5.41) is 1.09. The number of benzene rings is 3. The molecule has 0 atom stereocenters. The van der Waals surface area contributed by atoms with Crippen LogP contribution in [0.4, 0.5) is 0 Å². The Morgan fingerprint density at radius 3 is 2.07 bits per heavy atom. The van der Waals surface area contributed by atoms with E-state index in [0.717, 1.165) is 55.8 Å². The molecule has 1 aliphatic carbocycles. The van der Waals surface area contributed by atoms with Crippen molar-refractivity contribution < 1.29 is 0 Å². The summed E-state index contributed by atoms with van der Waals surface area (Å²) in [5.74, 6) is 1.01. The zero-order chi connectivity index (χ0) is 29.2. The summed E-state index contributed by atoms with van der Waals surface area (Å²) >= 11 is 0. The maximum absolute atomic E-state index is 5.29. The van der Waals surface area contributed by atoms with Crippen molar-refractivity contribution in [2.45, 2.75) is 13.8 Å². The van der Waals surface area contributed by atoms with Crippen molar-refractivity contribution in [1.82, 2.24) is 19.9 Å². The maximum atomic E-state index is 5.29. The quantitative estimate of drug-likeness (QED) is 0.213. The van der Waals surface area contributed by atoms with E-state index < -0.39 is 0 Å². The highest BCUT2D eigenvalue weighted by Gasteiger charge is 2.18. The van der Waals surface area contributed by atoms with Crippen molar-refractivity contribution in [3.63, 3.8) is 0 Å². The Labute approximate surface area is 251 Å². The molecule has 7 rings (SSSR count). The van der Waals surface area contributed by atoms with Gasteiger partial charge in [0.1, 0.15) is 5.69 Å². The van der Waals surface area contributed by atoms with Crippen LogP contribution < -0.4 is 0 Å². The number of hydrogen-bond donors (Lipinski definition) is 0. The predicted molar refractivity (Wildman–Crippen MR) is 178 cm³/mol. The van der Waals surface area contributed by atoms with Gasteiger partial charge in [0.25, 0.3) is 0 Å². The van der Waals surface area contributed by atoms with Crippen molar-refractivity contribution in [3.05, 3.63) is 144 Å². The number of aromatic nitrogens is 4. The first-order valence-corrected chi connectivity index (χ1v) is 14.6. The maximum Gasteiger partial charge on any atom is 0.179 e. The highest BCUT2D eigenvalue weighted by Crippen LogP contribution is 2.36. The lowest BCUT2D eigenvalue weighted by atomic mass is 9.93. The fourth-order valence-corrected chi connectivity index (χ4v) is 5.47. The van der Waals surface area contributed by atoms with Crippen LogP contribution in [-0.4, -0.2) is 19.9 Å². The zero-order valence-electron chi connectivity index (χ0n) is 24.1. The fraction of sp³-hybridized carbons (Fsp3) is 0.0769. The van der Waals surface area contributed by atoms with Crippen molar-refractivity contribution in [3.8, 4) is 45.3 Å². The summed E-state index contributed by atoms with van der Waals surface area (Å²) in [6, 6.07) is 35.0. The van der Waals surface area contributed by atoms with Gasteiger partial charge < -0.3 is 0 Å². The molecule has 0 amide bonds. The standard InChI is InChI=1S/C39H30N4/c1-26(2)27-16-11-17-31-29(20-19-27)21-22-32-33(28-12-5-3-6-13-28)24-37(41-38(31)32)39-42-35(30-14-7-4-8-15-30)25-36(43-39)34-18-9-10-23-40-34/h3-26H,1-2H3/b16-11?,17-11+,20-19?,27-16?,27-19?,29-20?,31-17?. The summed E-state index contributed by atoms with van der Waals surface area (Å²) in [5.41, 5.74) is 10.7. The molecule has 4 nitrogen and oxygen atoms in total. The molecule has 3 aromatic heterocycles. The van der Waals surface area contributed by atoms with E-state index in [9.17, 15) is 0 Å². The van der Waals surface area contributed by atoms with Gasteiger partial charge in [-0.15, -0.1) is 0 Å². The molecule has 0 unspecified atom stereocenters. The van der Waals surface area contributed by atoms with Crippen LogP contribution in [0.3, 0.4) is 0 Å². The summed E-state index contributed by atoms with van der Waals surface area (Å²) < 4.78 is 0. The van der Waals surface area contributed by atoms with Gasteiger partial charge in [-0.3, -0.25) is 4.98 Å². The van der Waals surface area contributed by atoms with Crippen LogP contribution in [-0.2, 0) is 0 Å². The smallest absolute Gasteiger partial charge is 0.179 e. The summed E-state index contributed by atoms with van der Waals surface area (Å²) in [6.45, 7) is 4.44. The molecule has 0 spiro atoms. The Bertz CT molecular complexity index is 1970. The molecule has 0 N–H and O–H groups in total. The minimum absolute atomic E-state index is 0.444. The first kappa shape index (κ1) is 26.4. The highest BCUT2D eigenvalue weighted by atomic mass is 14.9. The van der Waals surface area contributed by atoms with Crippen LogP contribution in [0, 0.1) is 5.92 Å². The molecule has 1 aliphatic rings. The van der Waals surface area contributed by atoms with Crippen LogP contribution in [0.15, 0.2) is 133 Å². The lowest BCUT2D eigenvalue weighted by Crippen LogP contribution is -2.00. The zero-order valence-corrected chi connectivity index (χ0v) is 24.1. The Morgan fingerprint density at radius 1 is 0.581 bits per heavy atom. The Balaban J connectivity index is 1.50. The molecule has 0 aliphatic heterocycles. The number of allylic oxidation sites excluding steroid dienone is 4. The lowest BCUT2D eigenvalue weighted by molar-refractivity contribution is 0.792. The average Bonchev–Trinajstić information content (AvgIpc) is 3.05. The van der Waals surface area contributed by atoms with Gasteiger partial charge in [-0.1, -0.05) is 123 Å². The molecule has 0 bridgehead atoms. The molecule has 3 heterocycles. The van der Waals surface area contributed by atoms with E-state index in [0.29, 0.717) is 17.4 Å². The molecule has 4 heteroatoms. The van der Waals surface area contributed by atoms with Crippen LogP contribution in [0.25, 0.3) is 68.3 Å². The van der Waals surface area contributed by atoms with Gasteiger partial charge in [0.2, 0.25) is 0 Å². The van der Waals surface area contributed by atoms with Gasteiger partial charge in [-0.05, 0) is 52.4 Å². The molecule has 43 heavy (non-hydrogen) atoms. The van der Waals surface area contributed by atoms with E-state index in [-0.39, 0.29) is 0 Å². The van der Waals surface area contributed by atoms with Crippen LogP contribution in [0.2, 0.25) is 0 Å². The van der Waals surface area contributed by atoms with Crippen molar-refractivity contribution in [1.29, 1.82) is 0 Å². The van der Waals surface area contributed by atoms with Crippen LogP contribution in [0.1, 0.15) is 25.0 Å². The Kier molecular flexibility index (Phi) is 7.02. The van der Waals surface area contributed by atoms with E-state index >= 15 is 0 Å². The molecular weight excluding hydrogens is 524 g/mol.